The number of non-ortho nitro benzene ring substituents is 1. The molecule has 1 heterocycles. The number of amides is 4. The lowest BCUT2D eigenvalue weighted by Gasteiger charge is -2.27. The van der Waals surface area contributed by atoms with Crippen LogP contribution in [0.25, 0.3) is 6.08 Å². The molecule has 0 bridgehead atoms. The highest BCUT2D eigenvalue weighted by atomic mass is 79.9. The van der Waals surface area contributed by atoms with Gasteiger partial charge in [-0.25, -0.2) is 9.69 Å². The zero-order chi connectivity index (χ0) is 29.7. The summed E-state index contributed by atoms with van der Waals surface area (Å²) < 4.78 is 12.7. The number of carbonyl (C=O) groups excluding carboxylic acids is 3. The van der Waals surface area contributed by atoms with E-state index in [2.05, 4.69) is 27.8 Å². The third kappa shape index (κ3) is 6.52. The zero-order valence-corrected chi connectivity index (χ0v) is 23.9. The zero-order valence-electron chi connectivity index (χ0n) is 22.3. The van der Waals surface area contributed by atoms with Crippen molar-refractivity contribution in [2.24, 2.45) is 0 Å². The van der Waals surface area contributed by atoms with E-state index in [-0.39, 0.29) is 17.9 Å². The highest BCUT2D eigenvalue weighted by Gasteiger charge is 2.37. The number of nitro benzene ring substituents is 1. The van der Waals surface area contributed by atoms with Crippen LogP contribution in [0, 0.1) is 17.0 Å². The van der Waals surface area contributed by atoms with Gasteiger partial charge in [0, 0.05) is 22.2 Å². The Bertz CT molecular complexity index is 1600. The molecule has 4 amide bonds. The predicted molar refractivity (Wildman–Crippen MR) is 157 cm³/mol. The van der Waals surface area contributed by atoms with E-state index in [1.165, 1.54) is 18.2 Å². The van der Waals surface area contributed by atoms with Crippen molar-refractivity contribution in [3.8, 4) is 11.5 Å². The second-order valence-electron chi connectivity index (χ2n) is 9.04. The number of benzene rings is 3. The number of hydrogen-bond acceptors (Lipinski definition) is 7. The Morgan fingerprint density at radius 1 is 1.10 bits per heavy atom. The summed E-state index contributed by atoms with van der Waals surface area (Å²) in [6.07, 6.45) is 3.42. The number of imide groups is 2. The molecular weight excluding hydrogens is 594 g/mol. The van der Waals surface area contributed by atoms with Gasteiger partial charge in [-0.3, -0.25) is 25.0 Å². The first-order valence-electron chi connectivity index (χ1n) is 12.6. The summed E-state index contributed by atoms with van der Waals surface area (Å²) in [7, 11) is 0. The number of nitro groups is 1. The molecule has 4 rings (SSSR count). The minimum Gasteiger partial charge on any atom is -0.490 e. The molecule has 1 saturated heterocycles. The molecule has 1 N–H and O–H groups in total. The van der Waals surface area contributed by atoms with Crippen molar-refractivity contribution in [3.05, 3.63) is 110 Å². The number of ether oxygens (including phenoxy) is 2. The summed E-state index contributed by atoms with van der Waals surface area (Å²) in [5.74, 6) is -0.833. The van der Waals surface area contributed by atoms with Crippen molar-refractivity contribution in [1.29, 1.82) is 0 Å². The maximum atomic E-state index is 13.4. The van der Waals surface area contributed by atoms with Crippen LogP contribution in [0.5, 0.6) is 11.5 Å². The lowest BCUT2D eigenvalue weighted by atomic mass is 10.0. The lowest BCUT2D eigenvalue weighted by Crippen LogP contribution is -2.54. The minimum atomic E-state index is -0.842. The summed E-state index contributed by atoms with van der Waals surface area (Å²) >= 11 is 3.40. The highest BCUT2D eigenvalue weighted by molar-refractivity contribution is 9.10. The van der Waals surface area contributed by atoms with Crippen LogP contribution in [-0.4, -0.2) is 29.4 Å². The molecule has 11 heteroatoms. The van der Waals surface area contributed by atoms with E-state index >= 15 is 0 Å². The molecule has 210 valence electrons. The van der Waals surface area contributed by atoms with E-state index < -0.39 is 22.8 Å². The molecule has 10 nitrogen and oxygen atoms in total. The first-order valence-corrected chi connectivity index (χ1v) is 13.4. The number of anilines is 1. The Morgan fingerprint density at radius 2 is 1.88 bits per heavy atom. The molecule has 1 aliphatic rings. The molecule has 0 aliphatic carbocycles. The number of hydrogen-bond donors (Lipinski definition) is 1. The molecule has 3 aromatic rings. The summed E-state index contributed by atoms with van der Waals surface area (Å²) in [5, 5.41) is 13.4. The number of aryl methyl sites for hydroxylation is 1. The Hall–Kier alpha value is -4.77. The smallest absolute Gasteiger partial charge is 0.335 e. The van der Waals surface area contributed by atoms with Crippen molar-refractivity contribution in [3.63, 3.8) is 0 Å². The van der Waals surface area contributed by atoms with Gasteiger partial charge in [-0.2, -0.15) is 0 Å². The summed E-state index contributed by atoms with van der Waals surface area (Å²) in [6.45, 7) is 7.76. The van der Waals surface area contributed by atoms with Crippen LogP contribution in [0.1, 0.15) is 29.2 Å². The SMILES string of the molecule is C=CCc1cc(/C=C2\C(=O)NC(=O)N(c3ccc(Br)c(C)c3)C2=O)cc(OCC)c1OCc1cccc([N+](=O)[O-])c1. The van der Waals surface area contributed by atoms with Gasteiger partial charge in [-0.1, -0.05) is 34.1 Å². The van der Waals surface area contributed by atoms with Crippen LogP contribution in [0.2, 0.25) is 0 Å². The van der Waals surface area contributed by atoms with Gasteiger partial charge in [0.15, 0.2) is 11.5 Å². The van der Waals surface area contributed by atoms with Crippen LogP contribution in [0.3, 0.4) is 0 Å². The first kappa shape index (κ1) is 29.2. The van der Waals surface area contributed by atoms with Gasteiger partial charge in [0.05, 0.1) is 17.2 Å². The fourth-order valence-electron chi connectivity index (χ4n) is 4.24. The molecule has 0 saturated carbocycles. The average Bonchev–Trinajstić information content (AvgIpc) is 2.93. The Kier molecular flexibility index (Phi) is 8.98. The maximum absolute atomic E-state index is 13.4. The number of nitrogens with one attached hydrogen (secondary N) is 1. The number of halogens is 1. The maximum Gasteiger partial charge on any atom is 0.335 e. The van der Waals surface area contributed by atoms with Gasteiger partial charge in [-0.15, -0.1) is 6.58 Å². The monoisotopic (exact) mass is 619 g/mol. The van der Waals surface area contributed by atoms with Crippen LogP contribution >= 0.6 is 15.9 Å². The Balaban J connectivity index is 1.71. The topological polar surface area (TPSA) is 128 Å². The molecule has 0 atom stereocenters. The standard InChI is InChI=1S/C30H26BrN3O7/c1-4-7-21-13-20(16-26(40-5-2)27(21)41-17-19-8-6-9-23(14-19)34(38)39)15-24-28(35)32-30(37)33(29(24)36)22-10-11-25(31)18(3)12-22/h4,6,8-16H,1,5,7,17H2,2-3H3,(H,32,35,37)/b24-15+. The van der Waals surface area contributed by atoms with Crippen LogP contribution in [0.4, 0.5) is 16.2 Å². The Morgan fingerprint density at radius 3 is 2.56 bits per heavy atom. The van der Waals surface area contributed by atoms with Gasteiger partial charge in [-0.05, 0) is 73.4 Å². The molecular formula is C30H26BrN3O7. The molecule has 1 fully saturated rings. The average molecular weight is 620 g/mol. The normalized spacial score (nSPS) is 14.2. The number of carbonyl (C=O) groups is 3. The van der Waals surface area contributed by atoms with E-state index in [1.807, 2.05) is 6.92 Å². The van der Waals surface area contributed by atoms with E-state index in [1.54, 1.807) is 55.5 Å². The van der Waals surface area contributed by atoms with Crippen molar-refractivity contribution < 1.29 is 28.8 Å². The van der Waals surface area contributed by atoms with E-state index in [0.717, 1.165) is 14.9 Å². The number of nitrogens with zero attached hydrogens (tertiary/aromatic N) is 2. The van der Waals surface area contributed by atoms with Crippen molar-refractivity contribution >= 4 is 51.2 Å². The van der Waals surface area contributed by atoms with Crippen molar-refractivity contribution in [2.75, 3.05) is 11.5 Å². The largest absolute Gasteiger partial charge is 0.490 e. The quantitative estimate of drug-likeness (QED) is 0.0963. The summed E-state index contributed by atoms with van der Waals surface area (Å²) in [6, 6.07) is 13.6. The lowest BCUT2D eigenvalue weighted by molar-refractivity contribution is -0.384. The van der Waals surface area contributed by atoms with Crippen molar-refractivity contribution in [2.45, 2.75) is 26.9 Å². The van der Waals surface area contributed by atoms with Crippen LogP contribution in [0.15, 0.2) is 77.3 Å². The number of barbiturate groups is 1. The molecule has 0 unspecified atom stereocenters. The van der Waals surface area contributed by atoms with Gasteiger partial charge < -0.3 is 9.47 Å². The minimum absolute atomic E-state index is 0.0386. The second kappa shape index (κ2) is 12.6. The van der Waals surface area contributed by atoms with Crippen LogP contribution < -0.4 is 19.7 Å². The fourth-order valence-corrected chi connectivity index (χ4v) is 4.49. The van der Waals surface area contributed by atoms with E-state index in [9.17, 15) is 24.5 Å². The third-order valence-corrected chi connectivity index (χ3v) is 7.02. The number of urea groups is 1. The van der Waals surface area contributed by atoms with Gasteiger partial charge in [0.25, 0.3) is 17.5 Å². The molecule has 0 spiro atoms. The number of allylic oxidation sites excluding steroid dienone is 1. The molecule has 1 aliphatic heterocycles. The molecule has 0 radical (unpaired) electrons. The fraction of sp³-hybridized carbons (Fsp3) is 0.167. The summed E-state index contributed by atoms with van der Waals surface area (Å²) in [5.41, 5.74) is 2.56. The van der Waals surface area contributed by atoms with E-state index in [4.69, 9.17) is 9.47 Å². The molecule has 0 aromatic heterocycles. The highest BCUT2D eigenvalue weighted by Crippen LogP contribution is 2.36. The molecule has 41 heavy (non-hydrogen) atoms. The first-order chi connectivity index (χ1) is 19.6. The second-order valence-corrected chi connectivity index (χ2v) is 9.89. The Labute approximate surface area is 244 Å². The predicted octanol–water partition coefficient (Wildman–Crippen LogP) is 6.04. The number of rotatable bonds is 10. The van der Waals surface area contributed by atoms with Gasteiger partial charge in [0.2, 0.25) is 0 Å². The third-order valence-electron chi connectivity index (χ3n) is 6.14. The van der Waals surface area contributed by atoms with Crippen molar-refractivity contribution in [1.82, 2.24) is 5.32 Å². The van der Waals surface area contributed by atoms with Crippen LogP contribution in [-0.2, 0) is 22.6 Å². The van der Waals surface area contributed by atoms with Gasteiger partial charge >= 0.3 is 6.03 Å². The van der Waals surface area contributed by atoms with Gasteiger partial charge in [0.1, 0.15) is 12.2 Å². The summed E-state index contributed by atoms with van der Waals surface area (Å²) in [4.78, 5) is 50.4. The van der Waals surface area contributed by atoms with E-state index in [0.29, 0.717) is 46.9 Å². The molecule has 3 aromatic carbocycles.